The number of Topliss-reactive ketones (excluding diaryl/α,β-unsaturated/α-hetero) is 1. The smallest absolute Gasteiger partial charge is 0.303 e. The van der Waals surface area contributed by atoms with Gasteiger partial charge in [0.2, 0.25) is 0 Å². The number of carboxylic acids is 1. The molecule has 0 fully saturated rings. The maximum atomic E-state index is 11.5. The van der Waals surface area contributed by atoms with Crippen molar-refractivity contribution in [1.82, 2.24) is 19.1 Å². The van der Waals surface area contributed by atoms with Crippen LogP contribution in [0, 0.1) is 0 Å². The Balaban J connectivity index is 0.000000178. The number of rotatable bonds is 16. The van der Waals surface area contributed by atoms with Crippen molar-refractivity contribution in [3.63, 3.8) is 0 Å². The maximum absolute atomic E-state index is 11.5. The number of benzene rings is 8. The summed E-state index contributed by atoms with van der Waals surface area (Å²) in [6.45, 7) is 7.55. The van der Waals surface area contributed by atoms with Crippen molar-refractivity contribution in [2.24, 2.45) is 0 Å². The summed E-state index contributed by atoms with van der Waals surface area (Å²) in [5.74, 6) is 1.31. The fourth-order valence-corrected chi connectivity index (χ4v) is 9.52. The van der Waals surface area contributed by atoms with Gasteiger partial charge in [-0.2, -0.15) is 0 Å². The maximum Gasteiger partial charge on any atom is 0.303 e. The predicted octanol–water partition coefficient (Wildman–Crippen LogP) is 15.7. The Kier molecular flexibility index (Phi) is 15.3. The molecule has 8 aromatic carbocycles. The lowest BCUT2D eigenvalue weighted by molar-refractivity contribution is -0.137. The summed E-state index contributed by atoms with van der Waals surface area (Å²) in [5, 5.41) is 9.12. The van der Waals surface area contributed by atoms with Crippen LogP contribution in [0.5, 0.6) is 0 Å². The van der Waals surface area contributed by atoms with Gasteiger partial charge in [-0.3, -0.25) is 4.79 Å². The molecule has 2 aromatic heterocycles. The van der Waals surface area contributed by atoms with Crippen LogP contribution in [0.4, 0.5) is 0 Å². The van der Waals surface area contributed by atoms with E-state index in [4.69, 9.17) is 15.1 Å². The number of hydrogen-bond acceptors (Lipinski definition) is 4. The fraction of sp³-hybridized carbons (Fsp3) is 0.138. The Bertz CT molecular complexity index is 3200. The van der Waals surface area contributed by atoms with Gasteiger partial charge in [-0.1, -0.05) is 218 Å². The van der Waals surface area contributed by atoms with Gasteiger partial charge in [-0.15, -0.1) is 0 Å². The molecule has 7 heteroatoms. The van der Waals surface area contributed by atoms with E-state index in [-0.39, 0.29) is 12.2 Å². The molecule has 0 radical (unpaired) electrons. The average molecular weight is 943 g/mol. The van der Waals surface area contributed by atoms with Gasteiger partial charge in [0.05, 0.1) is 22.8 Å². The van der Waals surface area contributed by atoms with Gasteiger partial charge >= 0.3 is 5.97 Å². The first-order valence-corrected chi connectivity index (χ1v) is 24.8. The minimum absolute atomic E-state index is 0.117. The van der Waals surface area contributed by atoms with E-state index in [2.05, 4.69) is 181 Å². The Labute approximate surface area is 422 Å². The lowest BCUT2D eigenvalue weighted by atomic mass is 9.96. The molecule has 0 aliphatic carbocycles. The number of imidazole rings is 2. The summed E-state index contributed by atoms with van der Waals surface area (Å²) < 4.78 is 4.63. The van der Waals surface area contributed by atoms with Crippen molar-refractivity contribution in [2.45, 2.75) is 59.5 Å². The lowest BCUT2D eigenvalue weighted by Gasteiger charge is -2.14. The zero-order chi connectivity index (χ0) is 49.8. The Morgan fingerprint density at radius 2 is 0.736 bits per heavy atom. The fourth-order valence-electron chi connectivity index (χ4n) is 9.52. The van der Waals surface area contributed by atoms with E-state index in [0.717, 1.165) is 115 Å². The second kappa shape index (κ2) is 22.8. The highest BCUT2D eigenvalue weighted by atomic mass is 16.4. The first kappa shape index (κ1) is 48.3. The summed E-state index contributed by atoms with van der Waals surface area (Å²) in [6.07, 6.45) is 1.94. The van der Waals surface area contributed by atoms with Crippen LogP contribution in [0.2, 0.25) is 0 Å². The summed E-state index contributed by atoms with van der Waals surface area (Å²) in [4.78, 5) is 33.2. The monoisotopic (exact) mass is 942 g/mol. The zero-order valence-electron chi connectivity index (χ0n) is 41.1. The molecule has 0 unspecified atom stereocenters. The van der Waals surface area contributed by atoms with Gasteiger partial charge in [0.1, 0.15) is 17.4 Å². The van der Waals surface area contributed by atoms with Gasteiger partial charge in [-0.25, -0.2) is 9.97 Å². The van der Waals surface area contributed by atoms with Crippen molar-refractivity contribution < 1.29 is 14.7 Å². The van der Waals surface area contributed by atoms with Crippen molar-refractivity contribution >= 4 is 11.8 Å². The number of carbonyl (C=O) groups excluding carboxylic acids is 1. The molecule has 0 aliphatic rings. The van der Waals surface area contributed by atoms with E-state index in [1.54, 1.807) is 6.92 Å². The van der Waals surface area contributed by atoms with Gasteiger partial charge in [0.15, 0.2) is 0 Å². The standard InChI is InChI=1S/C33H30N2O.C32H28N2O2/c1-3-35-32(27-16-8-5-9-17-27)31(26-14-6-4-7-15-26)34-33(35)30-20-11-10-19-29(30)28-18-12-13-25(23-28)22-21-24(2)36;1-2-34-31(25-15-7-4-8-16-25)30(24-13-5-3-6-14-24)33-32(34)28-19-10-9-18-27(28)26-17-11-12-23(22-26)20-21-29(35)36/h4-20,23H,3,21-22H2,1-2H3;3-19,22H,2,20-21H2,1H3,(H,35,36). The zero-order valence-corrected chi connectivity index (χ0v) is 41.1. The van der Waals surface area contributed by atoms with E-state index in [0.29, 0.717) is 12.8 Å². The number of carboxylic acid groups (broad SMARTS) is 1. The highest BCUT2D eigenvalue weighted by Crippen LogP contribution is 2.41. The number of ketones is 1. The molecule has 356 valence electrons. The second-order valence-electron chi connectivity index (χ2n) is 17.8. The molecule has 0 aliphatic heterocycles. The molecule has 10 aromatic rings. The van der Waals surface area contributed by atoms with Crippen molar-refractivity contribution in [3.05, 3.63) is 230 Å². The Hall–Kier alpha value is -8.68. The number of nitrogens with zero attached hydrogens (tertiary/aromatic N) is 4. The SMILES string of the molecule is CCn1c(-c2ccccc2-c2cccc(CCC(=O)O)c2)nc(-c2ccccc2)c1-c1ccccc1.CCn1c(-c2ccccc2-c2cccc(CCC(C)=O)c2)nc(-c2ccccc2)c1-c1ccccc1. The third-order valence-electron chi connectivity index (χ3n) is 13.0. The molecule has 0 spiro atoms. The summed E-state index contributed by atoms with van der Waals surface area (Å²) in [5.41, 5.74) is 17.4. The molecule has 72 heavy (non-hydrogen) atoms. The Morgan fingerprint density at radius 1 is 0.403 bits per heavy atom. The normalized spacial score (nSPS) is 10.9. The topological polar surface area (TPSA) is 90.0 Å². The van der Waals surface area contributed by atoms with Crippen molar-refractivity contribution in [2.75, 3.05) is 0 Å². The molecular weight excluding hydrogens is 885 g/mol. The van der Waals surface area contributed by atoms with E-state index in [1.807, 2.05) is 60.7 Å². The largest absolute Gasteiger partial charge is 0.481 e. The number of aliphatic carboxylic acids is 1. The summed E-state index contributed by atoms with van der Waals surface area (Å²) in [6, 6.07) is 75.2. The van der Waals surface area contributed by atoms with E-state index in [1.165, 1.54) is 5.56 Å². The first-order valence-electron chi connectivity index (χ1n) is 24.8. The molecule has 2 heterocycles. The number of aryl methyl sites for hydroxylation is 2. The molecule has 7 nitrogen and oxygen atoms in total. The van der Waals surface area contributed by atoms with Crippen LogP contribution in [0.25, 0.3) is 90.1 Å². The minimum atomic E-state index is -0.785. The van der Waals surface area contributed by atoms with Crippen molar-refractivity contribution in [3.8, 4) is 90.1 Å². The highest BCUT2D eigenvalue weighted by molar-refractivity contribution is 5.89. The van der Waals surface area contributed by atoms with Crippen LogP contribution in [0.3, 0.4) is 0 Å². The third-order valence-corrected chi connectivity index (χ3v) is 13.0. The average Bonchev–Trinajstić information content (AvgIpc) is 4.03. The summed E-state index contributed by atoms with van der Waals surface area (Å²) in [7, 11) is 0. The van der Waals surface area contributed by atoms with Crippen LogP contribution >= 0.6 is 0 Å². The van der Waals surface area contributed by atoms with Crippen LogP contribution in [-0.2, 0) is 35.5 Å². The van der Waals surface area contributed by atoms with Crippen LogP contribution in [-0.4, -0.2) is 36.0 Å². The van der Waals surface area contributed by atoms with Crippen LogP contribution < -0.4 is 0 Å². The van der Waals surface area contributed by atoms with Gasteiger partial charge < -0.3 is 19.0 Å². The number of hydrogen-bond donors (Lipinski definition) is 1. The lowest BCUT2D eigenvalue weighted by Crippen LogP contribution is -2.01. The first-order chi connectivity index (χ1) is 35.3. The van der Waals surface area contributed by atoms with Gasteiger partial charge in [-0.05, 0) is 67.0 Å². The Morgan fingerprint density at radius 3 is 1.10 bits per heavy atom. The predicted molar refractivity (Wildman–Crippen MR) is 294 cm³/mol. The highest BCUT2D eigenvalue weighted by Gasteiger charge is 2.24. The van der Waals surface area contributed by atoms with Gasteiger partial charge in [0.25, 0.3) is 0 Å². The van der Waals surface area contributed by atoms with Gasteiger partial charge in [0, 0.05) is 59.3 Å². The molecule has 0 atom stereocenters. The molecule has 0 saturated carbocycles. The molecular formula is C65H58N4O3. The molecule has 1 N–H and O–H groups in total. The third kappa shape index (κ3) is 10.9. The second-order valence-corrected chi connectivity index (χ2v) is 17.8. The van der Waals surface area contributed by atoms with Crippen LogP contribution in [0.1, 0.15) is 44.7 Å². The van der Waals surface area contributed by atoms with Crippen molar-refractivity contribution in [1.29, 1.82) is 0 Å². The quantitative estimate of drug-likeness (QED) is 0.104. The van der Waals surface area contributed by atoms with E-state index < -0.39 is 5.97 Å². The molecule has 0 saturated heterocycles. The van der Waals surface area contributed by atoms with E-state index >= 15 is 0 Å². The minimum Gasteiger partial charge on any atom is -0.481 e. The number of aromatic nitrogens is 4. The molecule has 0 bridgehead atoms. The molecule has 10 rings (SSSR count). The van der Waals surface area contributed by atoms with E-state index in [9.17, 15) is 9.59 Å². The van der Waals surface area contributed by atoms with Crippen LogP contribution in [0.15, 0.2) is 218 Å². The summed E-state index contributed by atoms with van der Waals surface area (Å²) >= 11 is 0. The molecule has 0 amide bonds. The number of carbonyl (C=O) groups is 2.